The maximum atomic E-state index is 11.9. The van der Waals surface area contributed by atoms with Crippen molar-refractivity contribution in [3.63, 3.8) is 0 Å². The summed E-state index contributed by atoms with van der Waals surface area (Å²) in [4.78, 5) is 11.9. The van der Waals surface area contributed by atoms with Crippen LogP contribution in [0.3, 0.4) is 0 Å². The zero-order valence-corrected chi connectivity index (χ0v) is 12.7. The minimum absolute atomic E-state index is 0.0266. The van der Waals surface area contributed by atoms with Crippen LogP contribution in [0, 0.1) is 0 Å². The quantitative estimate of drug-likeness (QED) is 0.869. The highest BCUT2D eigenvalue weighted by Crippen LogP contribution is 2.31. The Morgan fingerprint density at radius 2 is 2.05 bits per heavy atom. The van der Waals surface area contributed by atoms with E-state index in [-0.39, 0.29) is 11.3 Å². The number of amides is 1. The summed E-state index contributed by atoms with van der Waals surface area (Å²) in [6, 6.07) is 6.47. The number of benzene rings is 1. The molecular weight excluding hydrogens is 252 g/mol. The minimum Gasteiger partial charge on any atom is -0.495 e. The summed E-state index contributed by atoms with van der Waals surface area (Å²) in [7, 11) is 1.62. The van der Waals surface area contributed by atoms with Crippen LogP contribution in [0.4, 0.5) is 5.69 Å². The van der Waals surface area contributed by atoms with Gasteiger partial charge in [0, 0.05) is 6.04 Å². The molecule has 0 saturated heterocycles. The Labute approximate surface area is 120 Å². The number of rotatable bonds is 5. The summed E-state index contributed by atoms with van der Waals surface area (Å²) in [5, 5.41) is 6.14. The van der Waals surface area contributed by atoms with Crippen LogP contribution in [0.5, 0.6) is 5.75 Å². The van der Waals surface area contributed by atoms with Gasteiger partial charge < -0.3 is 15.4 Å². The van der Waals surface area contributed by atoms with Crippen molar-refractivity contribution in [2.24, 2.45) is 0 Å². The first-order valence-electron chi connectivity index (χ1n) is 7.12. The molecule has 0 spiro atoms. The van der Waals surface area contributed by atoms with Gasteiger partial charge in [-0.2, -0.15) is 0 Å². The molecule has 0 aliphatic heterocycles. The summed E-state index contributed by atoms with van der Waals surface area (Å²) in [5.74, 6) is 0.666. The van der Waals surface area contributed by atoms with Crippen LogP contribution in [0.25, 0.3) is 0 Å². The minimum atomic E-state index is -0.0266. The van der Waals surface area contributed by atoms with Gasteiger partial charge >= 0.3 is 0 Å². The number of hydrogen-bond donors (Lipinski definition) is 2. The lowest BCUT2D eigenvalue weighted by atomic mass is 9.87. The van der Waals surface area contributed by atoms with E-state index in [0.717, 1.165) is 5.69 Å². The molecule has 1 aromatic rings. The molecule has 20 heavy (non-hydrogen) atoms. The van der Waals surface area contributed by atoms with E-state index in [0.29, 0.717) is 18.3 Å². The van der Waals surface area contributed by atoms with E-state index in [2.05, 4.69) is 31.4 Å². The molecular formula is C16H24N2O2. The number of carbonyl (C=O) groups excluding carboxylic acids is 1. The Kier molecular flexibility index (Phi) is 4.33. The summed E-state index contributed by atoms with van der Waals surface area (Å²) in [6.45, 7) is 6.80. The lowest BCUT2D eigenvalue weighted by Gasteiger charge is -2.21. The molecule has 4 nitrogen and oxygen atoms in total. The Morgan fingerprint density at radius 3 is 2.60 bits per heavy atom. The van der Waals surface area contributed by atoms with Gasteiger partial charge in [-0.3, -0.25) is 4.79 Å². The molecule has 0 radical (unpaired) electrons. The van der Waals surface area contributed by atoms with Gasteiger partial charge in [-0.1, -0.05) is 26.8 Å². The van der Waals surface area contributed by atoms with Crippen LogP contribution < -0.4 is 15.4 Å². The molecule has 0 bridgehead atoms. The summed E-state index contributed by atoms with van der Waals surface area (Å²) in [5.41, 5.74) is 1.95. The van der Waals surface area contributed by atoms with Crippen LogP contribution >= 0.6 is 0 Å². The molecule has 0 aromatic heterocycles. The zero-order chi connectivity index (χ0) is 14.8. The highest BCUT2D eigenvalue weighted by molar-refractivity contribution is 5.93. The first kappa shape index (κ1) is 14.9. The van der Waals surface area contributed by atoms with Gasteiger partial charge in [-0.05, 0) is 36.0 Å². The topological polar surface area (TPSA) is 50.4 Å². The van der Waals surface area contributed by atoms with Crippen molar-refractivity contribution in [2.75, 3.05) is 19.0 Å². The Bertz CT molecular complexity index is 488. The standard InChI is InChI=1S/C16H24N2O2/c1-16(2,3)11-5-8-14(20-4)13(9-11)18-15(19)10-17-12-6-7-12/h5,8-9,12,17H,6-7,10H2,1-4H3,(H,18,19). The molecule has 0 unspecified atom stereocenters. The first-order chi connectivity index (χ1) is 9.40. The fourth-order valence-corrected chi connectivity index (χ4v) is 1.99. The Hall–Kier alpha value is -1.55. The number of hydrogen-bond acceptors (Lipinski definition) is 3. The van der Waals surface area contributed by atoms with Gasteiger partial charge in [0.25, 0.3) is 0 Å². The molecule has 1 aliphatic carbocycles. The monoisotopic (exact) mass is 276 g/mol. The van der Waals surface area contributed by atoms with Gasteiger partial charge in [0.1, 0.15) is 5.75 Å². The SMILES string of the molecule is COc1ccc(C(C)(C)C)cc1NC(=O)CNC1CC1. The van der Waals surface area contributed by atoms with Crippen molar-refractivity contribution in [1.29, 1.82) is 0 Å². The molecule has 0 atom stereocenters. The number of nitrogens with one attached hydrogen (secondary N) is 2. The van der Waals surface area contributed by atoms with E-state index in [1.807, 2.05) is 18.2 Å². The highest BCUT2D eigenvalue weighted by atomic mass is 16.5. The van der Waals surface area contributed by atoms with Crippen molar-refractivity contribution < 1.29 is 9.53 Å². The maximum absolute atomic E-state index is 11.9. The van der Waals surface area contributed by atoms with Crippen molar-refractivity contribution in [1.82, 2.24) is 5.32 Å². The summed E-state index contributed by atoms with van der Waals surface area (Å²) < 4.78 is 5.32. The van der Waals surface area contributed by atoms with E-state index in [1.54, 1.807) is 7.11 Å². The van der Waals surface area contributed by atoms with Gasteiger partial charge in [-0.25, -0.2) is 0 Å². The molecule has 1 amide bonds. The van der Waals surface area contributed by atoms with Crippen LogP contribution in [0.15, 0.2) is 18.2 Å². The van der Waals surface area contributed by atoms with E-state index in [1.165, 1.54) is 18.4 Å². The average Bonchev–Trinajstić information content (AvgIpc) is 3.19. The number of methoxy groups -OCH3 is 1. The maximum Gasteiger partial charge on any atom is 0.238 e. The van der Waals surface area contributed by atoms with E-state index < -0.39 is 0 Å². The average molecular weight is 276 g/mol. The van der Waals surface area contributed by atoms with Crippen molar-refractivity contribution >= 4 is 11.6 Å². The molecule has 2 N–H and O–H groups in total. The predicted octanol–water partition coefficient (Wildman–Crippen LogP) is 2.68. The van der Waals surface area contributed by atoms with Crippen LogP contribution in [-0.2, 0) is 10.2 Å². The molecule has 1 saturated carbocycles. The molecule has 1 fully saturated rings. The van der Waals surface area contributed by atoms with Crippen molar-refractivity contribution in [2.45, 2.75) is 45.1 Å². The molecule has 2 rings (SSSR count). The Balaban J connectivity index is 2.08. The van der Waals surface area contributed by atoms with Crippen LogP contribution in [-0.4, -0.2) is 25.6 Å². The summed E-state index contributed by atoms with van der Waals surface area (Å²) in [6.07, 6.45) is 2.35. The third-order valence-electron chi connectivity index (χ3n) is 3.47. The zero-order valence-electron chi connectivity index (χ0n) is 12.7. The molecule has 1 aromatic carbocycles. The smallest absolute Gasteiger partial charge is 0.238 e. The lowest BCUT2D eigenvalue weighted by molar-refractivity contribution is -0.115. The molecule has 1 aliphatic rings. The number of carbonyl (C=O) groups is 1. The van der Waals surface area contributed by atoms with Crippen LogP contribution in [0.1, 0.15) is 39.2 Å². The molecule has 0 heterocycles. The predicted molar refractivity (Wildman–Crippen MR) is 81.3 cm³/mol. The number of ether oxygens (including phenoxy) is 1. The second kappa shape index (κ2) is 5.83. The summed E-state index contributed by atoms with van der Waals surface area (Å²) >= 11 is 0. The van der Waals surface area contributed by atoms with E-state index in [4.69, 9.17) is 4.74 Å². The second-order valence-electron chi connectivity index (χ2n) is 6.37. The van der Waals surface area contributed by atoms with Gasteiger partial charge in [0.15, 0.2) is 0 Å². The fourth-order valence-electron chi connectivity index (χ4n) is 1.99. The van der Waals surface area contributed by atoms with E-state index in [9.17, 15) is 4.79 Å². The van der Waals surface area contributed by atoms with Crippen molar-refractivity contribution in [3.05, 3.63) is 23.8 Å². The molecule has 110 valence electrons. The van der Waals surface area contributed by atoms with Gasteiger partial charge in [0.05, 0.1) is 19.3 Å². The van der Waals surface area contributed by atoms with Gasteiger partial charge in [-0.15, -0.1) is 0 Å². The third kappa shape index (κ3) is 3.97. The van der Waals surface area contributed by atoms with Gasteiger partial charge in [0.2, 0.25) is 5.91 Å². The third-order valence-corrected chi connectivity index (χ3v) is 3.47. The highest BCUT2D eigenvalue weighted by Gasteiger charge is 2.22. The first-order valence-corrected chi connectivity index (χ1v) is 7.12. The number of anilines is 1. The van der Waals surface area contributed by atoms with Crippen molar-refractivity contribution in [3.8, 4) is 5.75 Å². The normalized spacial score (nSPS) is 15.0. The molecule has 4 heteroatoms. The lowest BCUT2D eigenvalue weighted by Crippen LogP contribution is -2.29. The van der Waals surface area contributed by atoms with E-state index >= 15 is 0 Å². The fraction of sp³-hybridized carbons (Fsp3) is 0.562. The second-order valence-corrected chi connectivity index (χ2v) is 6.37. The largest absolute Gasteiger partial charge is 0.495 e. The van der Waals surface area contributed by atoms with Crippen LogP contribution in [0.2, 0.25) is 0 Å². The Morgan fingerprint density at radius 1 is 1.35 bits per heavy atom.